The molecule has 0 fully saturated rings. The third-order valence-corrected chi connectivity index (χ3v) is 3.15. The molecule has 0 heterocycles. The van der Waals surface area contributed by atoms with Gasteiger partial charge in [-0.1, -0.05) is 18.2 Å². The lowest BCUT2D eigenvalue weighted by Crippen LogP contribution is -2.22. The predicted molar refractivity (Wildman–Crippen MR) is 67.2 cm³/mol. The molecule has 3 nitrogen and oxygen atoms in total. The van der Waals surface area contributed by atoms with Crippen molar-refractivity contribution >= 4 is 23.4 Å². The number of carbonyl (C=O) groups is 1. The van der Waals surface area contributed by atoms with Crippen molar-refractivity contribution in [2.75, 3.05) is 11.1 Å². The summed E-state index contributed by atoms with van der Waals surface area (Å²) in [5.41, 5.74) is 0.806. The van der Waals surface area contributed by atoms with E-state index in [1.54, 1.807) is 0 Å². The molecule has 1 atom stereocenters. The number of hydrogen-bond donors (Lipinski definition) is 1. The van der Waals surface area contributed by atoms with Crippen molar-refractivity contribution in [3.63, 3.8) is 0 Å². The van der Waals surface area contributed by atoms with Gasteiger partial charge in [0.2, 0.25) is 5.91 Å². The van der Waals surface area contributed by atoms with Gasteiger partial charge in [0, 0.05) is 17.9 Å². The topological polar surface area (TPSA) is 52.9 Å². The van der Waals surface area contributed by atoms with Crippen LogP contribution in [0.4, 0.5) is 5.69 Å². The molecule has 1 amide bonds. The molecule has 1 N–H and O–H groups in total. The molecule has 0 aliphatic carbocycles. The number of nitrogens with one attached hydrogen (secondary N) is 1. The second kappa shape index (κ2) is 6.91. The summed E-state index contributed by atoms with van der Waals surface area (Å²) in [6, 6.07) is 11.4. The Balaban J connectivity index is 2.38. The van der Waals surface area contributed by atoms with Gasteiger partial charge in [-0.05, 0) is 19.1 Å². The van der Waals surface area contributed by atoms with Gasteiger partial charge in [0.25, 0.3) is 0 Å². The van der Waals surface area contributed by atoms with Gasteiger partial charge < -0.3 is 5.32 Å². The van der Waals surface area contributed by atoms with Crippen molar-refractivity contribution in [3.8, 4) is 6.07 Å². The quantitative estimate of drug-likeness (QED) is 0.797. The number of carbonyl (C=O) groups excluding carboxylic acids is 1. The first-order valence-electron chi connectivity index (χ1n) is 5.08. The summed E-state index contributed by atoms with van der Waals surface area (Å²) in [5, 5.41) is 11.1. The minimum Gasteiger partial charge on any atom is -0.325 e. The lowest BCUT2D eigenvalue weighted by Gasteiger charge is -2.10. The highest BCUT2D eigenvalue weighted by Gasteiger charge is 2.12. The average Bonchev–Trinajstić information content (AvgIpc) is 2.30. The second-order valence-electron chi connectivity index (χ2n) is 3.28. The highest BCUT2D eigenvalue weighted by Crippen LogP contribution is 2.14. The van der Waals surface area contributed by atoms with E-state index < -0.39 is 0 Å². The van der Waals surface area contributed by atoms with Gasteiger partial charge in [0.05, 0.1) is 11.3 Å². The molecule has 0 aliphatic heterocycles. The molecular formula is C12H14N2OS. The zero-order valence-electron chi connectivity index (χ0n) is 9.14. The Labute approximate surface area is 99.8 Å². The van der Waals surface area contributed by atoms with Gasteiger partial charge in [-0.25, -0.2) is 0 Å². The Bertz CT molecular complexity index is 372. The first-order valence-corrected chi connectivity index (χ1v) is 6.13. The fraction of sp³-hybridized carbons (Fsp3) is 0.333. The molecule has 1 unspecified atom stereocenters. The lowest BCUT2D eigenvalue weighted by atomic mass is 10.3. The average molecular weight is 234 g/mol. The monoisotopic (exact) mass is 234 g/mol. The molecule has 0 aromatic heterocycles. The second-order valence-corrected chi connectivity index (χ2v) is 4.73. The van der Waals surface area contributed by atoms with Crippen molar-refractivity contribution in [3.05, 3.63) is 30.3 Å². The molecule has 16 heavy (non-hydrogen) atoms. The molecule has 1 aromatic rings. The van der Waals surface area contributed by atoms with E-state index in [1.807, 2.05) is 37.3 Å². The summed E-state index contributed by atoms with van der Waals surface area (Å²) in [5.74, 6) is 0.675. The molecule has 84 valence electrons. The number of para-hydroxylation sites is 1. The van der Waals surface area contributed by atoms with Crippen molar-refractivity contribution in [2.24, 2.45) is 0 Å². The Morgan fingerprint density at radius 3 is 2.81 bits per heavy atom. The number of amides is 1. The minimum atomic E-state index is -0.131. The number of anilines is 1. The van der Waals surface area contributed by atoms with Crippen LogP contribution in [0.2, 0.25) is 0 Å². The van der Waals surface area contributed by atoms with E-state index in [1.165, 1.54) is 11.8 Å². The maximum atomic E-state index is 11.7. The number of rotatable bonds is 5. The third kappa shape index (κ3) is 4.37. The van der Waals surface area contributed by atoms with E-state index in [4.69, 9.17) is 5.26 Å². The molecule has 1 rings (SSSR count). The molecular weight excluding hydrogens is 220 g/mol. The summed E-state index contributed by atoms with van der Waals surface area (Å²) in [6.45, 7) is 1.85. The molecule has 0 saturated carbocycles. The van der Waals surface area contributed by atoms with Crippen molar-refractivity contribution < 1.29 is 4.79 Å². The Morgan fingerprint density at radius 2 is 2.19 bits per heavy atom. The summed E-state index contributed by atoms with van der Waals surface area (Å²) in [6.07, 6.45) is 0.480. The summed E-state index contributed by atoms with van der Waals surface area (Å²) in [7, 11) is 0. The molecule has 4 heteroatoms. The fourth-order valence-electron chi connectivity index (χ4n) is 1.12. The largest absolute Gasteiger partial charge is 0.325 e. The summed E-state index contributed by atoms with van der Waals surface area (Å²) >= 11 is 1.49. The zero-order chi connectivity index (χ0) is 11.8. The Kier molecular flexibility index (Phi) is 5.44. The van der Waals surface area contributed by atoms with Crippen LogP contribution in [-0.4, -0.2) is 16.9 Å². The highest BCUT2D eigenvalue weighted by atomic mass is 32.2. The molecule has 0 radical (unpaired) electrons. The van der Waals surface area contributed by atoms with E-state index in [2.05, 4.69) is 11.4 Å². The number of benzene rings is 1. The number of nitriles is 1. The van der Waals surface area contributed by atoms with E-state index >= 15 is 0 Å². The molecule has 1 aromatic carbocycles. The van der Waals surface area contributed by atoms with Gasteiger partial charge in [-0.2, -0.15) is 5.26 Å². The van der Waals surface area contributed by atoms with Gasteiger partial charge >= 0.3 is 0 Å². The van der Waals surface area contributed by atoms with Crippen LogP contribution in [0.25, 0.3) is 0 Å². The highest BCUT2D eigenvalue weighted by molar-refractivity contribution is 8.00. The first kappa shape index (κ1) is 12.6. The van der Waals surface area contributed by atoms with E-state index in [9.17, 15) is 4.79 Å². The number of nitrogens with zero attached hydrogens (tertiary/aromatic N) is 1. The van der Waals surface area contributed by atoms with Crippen LogP contribution in [0.3, 0.4) is 0 Å². The van der Waals surface area contributed by atoms with Crippen LogP contribution in [0.5, 0.6) is 0 Å². The van der Waals surface area contributed by atoms with Gasteiger partial charge in [-0.3, -0.25) is 4.79 Å². The summed E-state index contributed by atoms with van der Waals surface area (Å²) < 4.78 is 0. The Hall–Kier alpha value is -1.47. The van der Waals surface area contributed by atoms with Gasteiger partial charge in [0.15, 0.2) is 0 Å². The standard InChI is InChI=1S/C12H14N2OS/c1-10(16-9-5-8-13)12(15)14-11-6-3-2-4-7-11/h2-4,6-7,10H,5,9H2,1H3,(H,14,15). The van der Waals surface area contributed by atoms with Crippen molar-refractivity contribution in [1.82, 2.24) is 0 Å². The van der Waals surface area contributed by atoms with Crippen molar-refractivity contribution in [2.45, 2.75) is 18.6 Å². The predicted octanol–water partition coefficient (Wildman–Crippen LogP) is 2.66. The molecule has 0 aliphatic rings. The summed E-state index contributed by atoms with van der Waals surface area (Å²) in [4.78, 5) is 11.7. The van der Waals surface area contributed by atoms with E-state index in [0.717, 1.165) is 5.69 Å². The fourth-order valence-corrected chi connectivity index (χ4v) is 1.90. The lowest BCUT2D eigenvalue weighted by molar-refractivity contribution is -0.115. The maximum Gasteiger partial charge on any atom is 0.237 e. The number of thioether (sulfide) groups is 1. The van der Waals surface area contributed by atoms with Crippen LogP contribution in [-0.2, 0) is 4.79 Å². The molecule has 0 bridgehead atoms. The van der Waals surface area contributed by atoms with E-state index in [-0.39, 0.29) is 11.2 Å². The van der Waals surface area contributed by atoms with E-state index in [0.29, 0.717) is 12.2 Å². The third-order valence-electron chi connectivity index (χ3n) is 1.99. The molecule has 0 spiro atoms. The normalized spacial score (nSPS) is 11.5. The van der Waals surface area contributed by atoms with Crippen LogP contribution in [0.1, 0.15) is 13.3 Å². The van der Waals surface area contributed by atoms with Crippen molar-refractivity contribution in [1.29, 1.82) is 5.26 Å². The van der Waals surface area contributed by atoms with Crippen LogP contribution >= 0.6 is 11.8 Å². The smallest absolute Gasteiger partial charge is 0.237 e. The number of hydrogen-bond acceptors (Lipinski definition) is 3. The molecule has 0 saturated heterocycles. The Morgan fingerprint density at radius 1 is 1.50 bits per heavy atom. The van der Waals surface area contributed by atoms with Crippen LogP contribution < -0.4 is 5.32 Å². The van der Waals surface area contributed by atoms with Gasteiger partial charge in [-0.15, -0.1) is 11.8 Å². The van der Waals surface area contributed by atoms with Gasteiger partial charge in [0.1, 0.15) is 0 Å². The minimum absolute atomic E-state index is 0.0193. The maximum absolute atomic E-state index is 11.7. The van der Waals surface area contributed by atoms with Crippen LogP contribution in [0, 0.1) is 11.3 Å². The zero-order valence-corrected chi connectivity index (χ0v) is 9.96. The van der Waals surface area contributed by atoms with Crippen LogP contribution in [0.15, 0.2) is 30.3 Å². The first-order chi connectivity index (χ1) is 7.74. The SMILES string of the molecule is CC(SCCC#N)C(=O)Nc1ccccc1.